The van der Waals surface area contributed by atoms with E-state index in [9.17, 15) is 0 Å². The number of nitrogens with one attached hydrogen (secondary N) is 1. The van der Waals surface area contributed by atoms with Crippen LogP contribution in [0, 0.1) is 11.8 Å². The van der Waals surface area contributed by atoms with Crippen molar-refractivity contribution in [3.63, 3.8) is 0 Å². The van der Waals surface area contributed by atoms with Crippen LogP contribution in [0.15, 0.2) is 72.1 Å². The third-order valence-electron chi connectivity index (χ3n) is 5.58. The summed E-state index contributed by atoms with van der Waals surface area (Å²) >= 11 is 8.18. The number of aromatic amines is 1. The molecule has 0 aliphatic carbocycles. The van der Waals surface area contributed by atoms with Crippen molar-refractivity contribution in [2.45, 2.75) is 25.9 Å². The van der Waals surface area contributed by atoms with Crippen LogP contribution in [0.25, 0.3) is 21.2 Å². The lowest BCUT2D eigenvalue weighted by atomic mass is 9.96. The summed E-state index contributed by atoms with van der Waals surface area (Å²) in [5, 5.41) is 18.3. The highest BCUT2D eigenvalue weighted by Gasteiger charge is 2.13. The van der Waals surface area contributed by atoms with Gasteiger partial charge in [0.1, 0.15) is 12.4 Å². The van der Waals surface area contributed by atoms with Gasteiger partial charge < -0.3 is 4.74 Å². The van der Waals surface area contributed by atoms with Gasteiger partial charge in [-0.2, -0.15) is 5.21 Å². The van der Waals surface area contributed by atoms with Crippen LogP contribution in [0.1, 0.15) is 29.8 Å². The van der Waals surface area contributed by atoms with Crippen molar-refractivity contribution >= 4 is 33.0 Å². The van der Waals surface area contributed by atoms with E-state index in [0.717, 1.165) is 33.0 Å². The van der Waals surface area contributed by atoms with Gasteiger partial charge in [-0.25, -0.2) is 0 Å². The standard InChI is InChI=1S/C27H21ClN4OS/c1-2-5-20(15-27-29-31-32-30-27)19-9-11-21(12-10-19)33-16-18-8-13-26-23(14-18)24(17-34-26)22-6-3-4-7-25(22)28/h3-4,6-14,17,20H,15-16H2,1H3,(H,29,30,31,32). The van der Waals surface area contributed by atoms with E-state index in [0.29, 0.717) is 18.9 Å². The molecule has 7 heteroatoms. The second kappa shape index (κ2) is 10.1. The predicted molar refractivity (Wildman–Crippen MR) is 137 cm³/mol. The first-order valence-corrected chi connectivity index (χ1v) is 12.1. The minimum absolute atomic E-state index is 0.000815. The van der Waals surface area contributed by atoms with Crippen molar-refractivity contribution in [1.29, 1.82) is 0 Å². The molecule has 1 N–H and O–H groups in total. The second-order valence-corrected chi connectivity index (χ2v) is 9.11. The molecule has 0 spiro atoms. The maximum atomic E-state index is 6.45. The molecular weight excluding hydrogens is 464 g/mol. The average molecular weight is 485 g/mol. The van der Waals surface area contributed by atoms with Crippen LogP contribution in [0.5, 0.6) is 5.75 Å². The molecule has 34 heavy (non-hydrogen) atoms. The van der Waals surface area contributed by atoms with Gasteiger partial charge in [-0.3, -0.25) is 0 Å². The molecule has 2 heterocycles. The first-order chi connectivity index (χ1) is 16.7. The van der Waals surface area contributed by atoms with Crippen LogP contribution in [0.3, 0.4) is 0 Å². The van der Waals surface area contributed by atoms with E-state index in [1.807, 2.05) is 49.4 Å². The van der Waals surface area contributed by atoms with Crippen molar-refractivity contribution in [3.8, 4) is 28.7 Å². The van der Waals surface area contributed by atoms with E-state index in [-0.39, 0.29) is 5.92 Å². The highest BCUT2D eigenvalue weighted by atomic mass is 35.5. The number of ether oxygens (including phenoxy) is 1. The lowest BCUT2D eigenvalue weighted by molar-refractivity contribution is 0.306. The summed E-state index contributed by atoms with van der Waals surface area (Å²) in [6, 6.07) is 22.4. The molecule has 0 aliphatic rings. The molecule has 0 saturated carbocycles. The number of H-pyrrole nitrogens is 1. The normalized spacial score (nSPS) is 11.7. The second-order valence-electron chi connectivity index (χ2n) is 7.80. The summed E-state index contributed by atoms with van der Waals surface area (Å²) < 4.78 is 7.32. The fraction of sp³-hybridized carbons (Fsp3) is 0.148. The third-order valence-corrected chi connectivity index (χ3v) is 6.88. The number of hydrogen-bond acceptors (Lipinski definition) is 5. The van der Waals surface area contributed by atoms with Gasteiger partial charge >= 0.3 is 0 Å². The number of nitrogens with zero attached hydrogens (tertiary/aromatic N) is 3. The van der Waals surface area contributed by atoms with Gasteiger partial charge in [0.15, 0.2) is 5.82 Å². The zero-order chi connectivity index (χ0) is 23.3. The number of benzene rings is 3. The number of rotatable bonds is 7. The van der Waals surface area contributed by atoms with Gasteiger partial charge in [-0.05, 0) is 53.8 Å². The van der Waals surface area contributed by atoms with Gasteiger partial charge in [0.25, 0.3) is 0 Å². The maximum absolute atomic E-state index is 6.45. The quantitative estimate of drug-likeness (QED) is 0.262. The summed E-state index contributed by atoms with van der Waals surface area (Å²) in [6.07, 6.45) is 0.603. The third kappa shape index (κ3) is 4.81. The van der Waals surface area contributed by atoms with Crippen LogP contribution in [0.4, 0.5) is 0 Å². The zero-order valence-corrected chi connectivity index (χ0v) is 20.0. The van der Waals surface area contributed by atoms with E-state index >= 15 is 0 Å². The molecule has 0 fully saturated rings. The Morgan fingerprint density at radius 1 is 1.06 bits per heavy atom. The number of halogens is 1. The van der Waals surface area contributed by atoms with Crippen molar-refractivity contribution in [2.24, 2.45) is 0 Å². The Morgan fingerprint density at radius 3 is 2.68 bits per heavy atom. The fourth-order valence-electron chi connectivity index (χ4n) is 3.90. The van der Waals surface area contributed by atoms with E-state index in [2.05, 4.69) is 62.1 Å². The maximum Gasteiger partial charge on any atom is 0.176 e. The van der Waals surface area contributed by atoms with E-state index in [1.165, 1.54) is 10.1 Å². The molecule has 3 aromatic carbocycles. The molecule has 1 atom stereocenters. The Labute approximate surface area is 206 Å². The largest absolute Gasteiger partial charge is 0.489 e. The highest BCUT2D eigenvalue weighted by molar-refractivity contribution is 7.17. The van der Waals surface area contributed by atoms with Crippen LogP contribution >= 0.6 is 22.9 Å². The van der Waals surface area contributed by atoms with Crippen molar-refractivity contribution in [1.82, 2.24) is 20.6 Å². The van der Waals surface area contributed by atoms with E-state index in [1.54, 1.807) is 11.3 Å². The van der Waals surface area contributed by atoms with E-state index in [4.69, 9.17) is 16.3 Å². The monoisotopic (exact) mass is 484 g/mol. The molecule has 5 rings (SSSR count). The molecule has 0 aliphatic heterocycles. The molecule has 5 aromatic rings. The molecule has 0 amide bonds. The number of tetrazole rings is 1. The van der Waals surface area contributed by atoms with Gasteiger partial charge in [0, 0.05) is 32.7 Å². The highest BCUT2D eigenvalue weighted by Crippen LogP contribution is 2.38. The summed E-state index contributed by atoms with van der Waals surface area (Å²) in [5.41, 5.74) is 4.40. The molecule has 1 unspecified atom stereocenters. The SMILES string of the molecule is CC#CC(Cc1nn[nH]n1)c1ccc(OCc2ccc3scc(-c4ccccc4Cl)c3c2)cc1. The first kappa shape index (κ1) is 22.1. The predicted octanol–water partition coefficient (Wildman–Crippen LogP) is 6.66. The van der Waals surface area contributed by atoms with Crippen molar-refractivity contribution < 1.29 is 4.74 Å². The van der Waals surface area contributed by atoms with Crippen molar-refractivity contribution in [3.05, 3.63) is 94.1 Å². The smallest absolute Gasteiger partial charge is 0.176 e. The van der Waals surface area contributed by atoms with E-state index < -0.39 is 0 Å². The van der Waals surface area contributed by atoms with Gasteiger partial charge in [0.05, 0.1) is 5.92 Å². The summed E-state index contributed by atoms with van der Waals surface area (Å²) in [4.78, 5) is 0. The van der Waals surface area contributed by atoms with Gasteiger partial charge in [-0.1, -0.05) is 59.1 Å². The Kier molecular flexibility index (Phi) is 6.57. The van der Waals surface area contributed by atoms with Crippen LogP contribution in [0.2, 0.25) is 5.02 Å². The zero-order valence-electron chi connectivity index (χ0n) is 18.5. The lowest BCUT2D eigenvalue weighted by Crippen LogP contribution is -2.03. The fourth-order valence-corrected chi connectivity index (χ4v) is 5.07. The topological polar surface area (TPSA) is 63.7 Å². The lowest BCUT2D eigenvalue weighted by Gasteiger charge is -2.11. The minimum atomic E-state index is 0.000815. The Hall–Kier alpha value is -3.66. The number of hydrogen-bond donors (Lipinski definition) is 1. The summed E-state index contributed by atoms with van der Waals surface area (Å²) in [6.45, 7) is 2.32. The molecule has 168 valence electrons. The summed E-state index contributed by atoms with van der Waals surface area (Å²) in [7, 11) is 0. The summed E-state index contributed by atoms with van der Waals surface area (Å²) in [5.74, 6) is 7.68. The molecule has 0 radical (unpaired) electrons. The Morgan fingerprint density at radius 2 is 1.91 bits per heavy atom. The first-order valence-electron chi connectivity index (χ1n) is 10.8. The van der Waals surface area contributed by atoms with Crippen LogP contribution in [-0.2, 0) is 13.0 Å². The van der Waals surface area contributed by atoms with Gasteiger partial charge in [0.2, 0.25) is 0 Å². The number of aromatic nitrogens is 4. The molecule has 2 aromatic heterocycles. The van der Waals surface area contributed by atoms with Gasteiger partial charge in [-0.15, -0.1) is 27.5 Å². The van der Waals surface area contributed by atoms with Crippen LogP contribution < -0.4 is 4.74 Å². The minimum Gasteiger partial charge on any atom is -0.489 e. The average Bonchev–Trinajstić information content (AvgIpc) is 3.53. The number of fused-ring (bicyclic) bond motifs is 1. The molecular formula is C27H21ClN4OS. The Bertz CT molecular complexity index is 1470. The Balaban J connectivity index is 1.31. The van der Waals surface area contributed by atoms with Crippen molar-refractivity contribution in [2.75, 3.05) is 0 Å². The molecule has 0 bridgehead atoms. The molecule has 0 saturated heterocycles. The van der Waals surface area contributed by atoms with Crippen LogP contribution in [-0.4, -0.2) is 20.6 Å². The number of thiophene rings is 1. The molecule has 5 nitrogen and oxygen atoms in total.